The molecule has 1 heterocycles. The van der Waals surface area contributed by atoms with Crippen molar-refractivity contribution in [1.82, 2.24) is 0 Å². The van der Waals surface area contributed by atoms with E-state index in [1.807, 2.05) is 42.6 Å². The molecule has 0 saturated heterocycles. The predicted octanol–water partition coefficient (Wildman–Crippen LogP) is 3.66. The van der Waals surface area contributed by atoms with Gasteiger partial charge in [0.15, 0.2) is 11.5 Å². The average Bonchev–Trinajstić information content (AvgIpc) is 2.84. The minimum absolute atomic E-state index is 0.144. The Bertz CT molecular complexity index is 687. The smallest absolute Gasteiger partial charge is 0.161 e. The molecule has 2 aromatic carbocycles. The van der Waals surface area contributed by atoms with Crippen LogP contribution >= 0.6 is 0 Å². The first-order chi connectivity index (χ1) is 9.28. The van der Waals surface area contributed by atoms with Gasteiger partial charge in [0.05, 0.1) is 12.8 Å². The Balaban J connectivity index is 2.02. The molecule has 0 spiro atoms. The lowest BCUT2D eigenvalue weighted by Crippen LogP contribution is -1.85. The number of phenols is 1. The molecule has 1 aliphatic heterocycles. The van der Waals surface area contributed by atoms with Crippen LogP contribution in [0.15, 0.2) is 47.5 Å². The molecular formula is C16H13NO2. The molecular weight excluding hydrogens is 238 g/mol. The molecule has 0 fully saturated rings. The summed E-state index contributed by atoms with van der Waals surface area (Å²) in [5.41, 5.74) is 4.13. The normalized spacial score (nSPS) is 14.7. The van der Waals surface area contributed by atoms with Crippen molar-refractivity contribution in [1.29, 1.82) is 0 Å². The molecule has 3 nitrogen and oxygen atoms in total. The van der Waals surface area contributed by atoms with Crippen molar-refractivity contribution < 1.29 is 9.84 Å². The van der Waals surface area contributed by atoms with Crippen molar-refractivity contribution in [2.24, 2.45) is 4.99 Å². The second kappa shape index (κ2) is 4.61. The van der Waals surface area contributed by atoms with Crippen molar-refractivity contribution in [2.45, 2.75) is 0 Å². The van der Waals surface area contributed by atoms with Crippen LogP contribution in [0.2, 0.25) is 0 Å². The maximum atomic E-state index is 9.58. The Morgan fingerprint density at radius 1 is 1.16 bits per heavy atom. The molecule has 0 aliphatic carbocycles. The van der Waals surface area contributed by atoms with Crippen molar-refractivity contribution in [3.05, 3.63) is 53.6 Å². The van der Waals surface area contributed by atoms with Crippen molar-refractivity contribution in [3.63, 3.8) is 0 Å². The second-order valence-electron chi connectivity index (χ2n) is 4.31. The van der Waals surface area contributed by atoms with Gasteiger partial charge < -0.3 is 9.84 Å². The van der Waals surface area contributed by atoms with Gasteiger partial charge in [-0.05, 0) is 29.8 Å². The summed E-state index contributed by atoms with van der Waals surface area (Å²) >= 11 is 0. The van der Waals surface area contributed by atoms with Crippen molar-refractivity contribution >= 4 is 23.6 Å². The van der Waals surface area contributed by atoms with Gasteiger partial charge in [0.2, 0.25) is 0 Å². The maximum Gasteiger partial charge on any atom is 0.161 e. The third-order valence-corrected chi connectivity index (χ3v) is 3.08. The van der Waals surface area contributed by atoms with Crippen LogP contribution in [0.4, 0.5) is 5.69 Å². The van der Waals surface area contributed by atoms with Crippen LogP contribution in [0.5, 0.6) is 11.5 Å². The molecule has 3 heteroatoms. The van der Waals surface area contributed by atoms with Crippen molar-refractivity contribution in [2.75, 3.05) is 7.11 Å². The molecule has 0 aromatic heterocycles. The molecule has 0 bridgehead atoms. The van der Waals surface area contributed by atoms with E-state index >= 15 is 0 Å². The highest BCUT2D eigenvalue weighted by Crippen LogP contribution is 2.33. The number of aromatic hydroxyl groups is 1. The van der Waals surface area contributed by atoms with E-state index in [9.17, 15) is 5.11 Å². The summed E-state index contributed by atoms with van der Waals surface area (Å²) in [6, 6.07) is 13.3. The lowest BCUT2D eigenvalue weighted by molar-refractivity contribution is 0.373. The lowest BCUT2D eigenvalue weighted by atomic mass is 10.0. The number of allylic oxidation sites excluding steroid dienone is 1. The number of nitrogens with zero attached hydrogens (tertiary/aromatic N) is 1. The number of ether oxygens (including phenoxy) is 1. The second-order valence-corrected chi connectivity index (χ2v) is 4.31. The SMILES string of the molecule is COc1cc(C=C2C=Nc3ccccc32)ccc1O. The van der Waals surface area contributed by atoms with E-state index in [0.717, 1.165) is 22.4 Å². The number of rotatable bonds is 2. The lowest BCUT2D eigenvalue weighted by Gasteiger charge is -2.04. The summed E-state index contributed by atoms with van der Waals surface area (Å²) in [7, 11) is 1.54. The molecule has 2 aromatic rings. The summed E-state index contributed by atoms with van der Waals surface area (Å²) in [6.07, 6.45) is 3.88. The number of hydrogen-bond donors (Lipinski definition) is 1. The third kappa shape index (κ3) is 2.10. The molecule has 94 valence electrons. The fourth-order valence-corrected chi connectivity index (χ4v) is 2.12. The van der Waals surface area contributed by atoms with Gasteiger partial charge in [0.1, 0.15) is 0 Å². The molecule has 0 radical (unpaired) electrons. The quantitative estimate of drug-likeness (QED) is 0.885. The Labute approximate surface area is 111 Å². The Kier molecular flexibility index (Phi) is 2.80. The van der Waals surface area contributed by atoms with Gasteiger partial charge in [-0.2, -0.15) is 0 Å². The van der Waals surface area contributed by atoms with Crippen molar-refractivity contribution in [3.8, 4) is 11.5 Å². The van der Waals surface area contributed by atoms with Crippen LogP contribution in [-0.2, 0) is 0 Å². The van der Waals surface area contributed by atoms with Crippen LogP contribution in [0.3, 0.4) is 0 Å². The topological polar surface area (TPSA) is 41.8 Å². The van der Waals surface area contributed by atoms with Crippen LogP contribution in [-0.4, -0.2) is 18.4 Å². The van der Waals surface area contributed by atoms with E-state index in [1.54, 1.807) is 12.1 Å². The van der Waals surface area contributed by atoms with E-state index in [1.165, 1.54) is 7.11 Å². The van der Waals surface area contributed by atoms with Crippen LogP contribution in [0.1, 0.15) is 11.1 Å². The minimum atomic E-state index is 0.144. The summed E-state index contributed by atoms with van der Waals surface area (Å²) in [5.74, 6) is 0.614. The summed E-state index contributed by atoms with van der Waals surface area (Å²) < 4.78 is 5.11. The Morgan fingerprint density at radius 2 is 2.00 bits per heavy atom. The van der Waals surface area contributed by atoms with Gasteiger partial charge in [0.25, 0.3) is 0 Å². The highest BCUT2D eigenvalue weighted by atomic mass is 16.5. The molecule has 0 saturated carbocycles. The van der Waals surface area contributed by atoms with E-state index in [0.29, 0.717) is 5.75 Å². The van der Waals surface area contributed by atoms with Gasteiger partial charge in [-0.25, -0.2) is 0 Å². The summed E-state index contributed by atoms with van der Waals surface area (Å²) in [6.45, 7) is 0. The zero-order chi connectivity index (χ0) is 13.2. The molecule has 0 amide bonds. The molecule has 1 aliphatic rings. The van der Waals surface area contributed by atoms with Gasteiger partial charge in [-0.3, -0.25) is 4.99 Å². The van der Waals surface area contributed by atoms with Gasteiger partial charge in [-0.15, -0.1) is 0 Å². The zero-order valence-electron chi connectivity index (χ0n) is 10.5. The first-order valence-corrected chi connectivity index (χ1v) is 6.00. The van der Waals surface area contributed by atoms with E-state index in [4.69, 9.17) is 4.74 Å². The van der Waals surface area contributed by atoms with Gasteiger partial charge in [0, 0.05) is 17.4 Å². The minimum Gasteiger partial charge on any atom is -0.504 e. The number of para-hydroxylation sites is 1. The molecule has 19 heavy (non-hydrogen) atoms. The largest absolute Gasteiger partial charge is 0.504 e. The van der Waals surface area contributed by atoms with Gasteiger partial charge >= 0.3 is 0 Å². The maximum absolute atomic E-state index is 9.58. The fourth-order valence-electron chi connectivity index (χ4n) is 2.12. The van der Waals surface area contributed by atoms with Crippen LogP contribution in [0.25, 0.3) is 11.6 Å². The van der Waals surface area contributed by atoms with E-state index < -0.39 is 0 Å². The Morgan fingerprint density at radius 3 is 2.84 bits per heavy atom. The first kappa shape index (κ1) is 11.5. The standard InChI is InChI=1S/C16H13NO2/c1-19-16-9-11(6-7-15(16)18)8-12-10-17-14-5-3-2-4-13(12)14/h2-10,18H,1H3. The summed E-state index contributed by atoms with van der Waals surface area (Å²) in [5, 5.41) is 9.58. The molecule has 0 unspecified atom stereocenters. The Hall–Kier alpha value is -2.55. The monoisotopic (exact) mass is 251 g/mol. The van der Waals surface area contributed by atoms with Crippen LogP contribution < -0.4 is 4.74 Å². The molecule has 0 atom stereocenters. The van der Waals surface area contributed by atoms with E-state index in [-0.39, 0.29) is 5.75 Å². The number of fused-ring (bicyclic) bond motifs is 1. The number of methoxy groups -OCH3 is 1. The highest BCUT2D eigenvalue weighted by Gasteiger charge is 2.11. The number of aliphatic imine (C=N–C) groups is 1. The molecule has 3 rings (SSSR count). The fraction of sp³-hybridized carbons (Fsp3) is 0.0625. The summed E-state index contributed by atoms with van der Waals surface area (Å²) in [4.78, 5) is 4.36. The predicted molar refractivity (Wildman–Crippen MR) is 77.1 cm³/mol. The number of phenolic OH excluding ortho intramolecular Hbond substituents is 1. The number of hydrogen-bond acceptors (Lipinski definition) is 3. The third-order valence-electron chi connectivity index (χ3n) is 3.08. The molecule has 1 N–H and O–H groups in total. The zero-order valence-corrected chi connectivity index (χ0v) is 10.5. The van der Waals surface area contributed by atoms with Crippen LogP contribution in [0, 0.1) is 0 Å². The first-order valence-electron chi connectivity index (χ1n) is 6.00. The highest BCUT2D eigenvalue weighted by molar-refractivity contribution is 6.21. The van der Waals surface area contributed by atoms with Gasteiger partial charge in [-0.1, -0.05) is 24.3 Å². The average molecular weight is 251 g/mol. The van der Waals surface area contributed by atoms with E-state index in [2.05, 4.69) is 4.99 Å². The number of benzene rings is 2.